The van der Waals surface area contributed by atoms with Crippen LogP contribution in [0.1, 0.15) is 43.7 Å². The first-order valence-electron chi connectivity index (χ1n) is 10.6. The Balaban J connectivity index is 1.41. The molecule has 1 N–H and O–H groups in total. The fourth-order valence-corrected chi connectivity index (χ4v) is 5.71. The molecular formula is C24H27N3O3S. The first-order chi connectivity index (χ1) is 14.9. The molecule has 2 aromatic carbocycles. The lowest BCUT2D eigenvalue weighted by Gasteiger charge is -2.34. The highest BCUT2D eigenvalue weighted by Crippen LogP contribution is 2.34. The monoisotopic (exact) mass is 437 g/mol. The van der Waals surface area contributed by atoms with Crippen molar-refractivity contribution in [2.45, 2.75) is 38.6 Å². The Morgan fingerprint density at radius 3 is 2.23 bits per heavy atom. The zero-order valence-corrected chi connectivity index (χ0v) is 18.6. The highest BCUT2D eigenvalue weighted by molar-refractivity contribution is 8.00. The van der Waals surface area contributed by atoms with Gasteiger partial charge in [-0.15, -0.1) is 4.40 Å². The second-order valence-corrected chi connectivity index (χ2v) is 9.65. The van der Waals surface area contributed by atoms with Crippen LogP contribution in [0.4, 0.5) is 0 Å². The Hall–Kier alpha value is -2.93. The maximum absolute atomic E-state index is 12.7. The van der Waals surface area contributed by atoms with Crippen molar-refractivity contribution in [3.63, 3.8) is 0 Å². The number of rotatable bonds is 4. The Bertz CT molecular complexity index is 1120. The van der Waals surface area contributed by atoms with Crippen molar-refractivity contribution in [2.75, 3.05) is 13.1 Å². The van der Waals surface area contributed by atoms with Gasteiger partial charge in [-0.3, -0.25) is 4.79 Å². The molecule has 7 heteroatoms. The summed E-state index contributed by atoms with van der Waals surface area (Å²) < 4.78 is 29.5. The van der Waals surface area contributed by atoms with Gasteiger partial charge in [-0.25, -0.2) is 0 Å². The summed E-state index contributed by atoms with van der Waals surface area (Å²) in [7, 11) is -3.71. The van der Waals surface area contributed by atoms with E-state index in [0.717, 1.165) is 18.4 Å². The van der Waals surface area contributed by atoms with E-state index in [-0.39, 0.29) is 22.8 Å². The third-order valence-corrected chi connectivity index (χ3v) is 7.48. The summed E-state index contributed by atoms with van der Waals surface area (Å²) in [6.45, 7) is 5.04. The average Bonchev–Trinajstić information content (AvgIpc) is 3.03. The van der Waals surface area contributed by atoms with Gasteiger partial charge in [0.2, 0.25) is 5.91 Å². The number of amides is 1. The molecule has 31 heavy (non-hydrogen) atoms. The Morgan fingerprint density at radius 1 is 1.03 bits per heavy atom. The summed E-state index contributed by atoms with van der Waals surface area (Å²) in [5.41, 5.74) is 2.35. The van der Waals surface area contributed by atoms with Crippen LogP contribution in [0, 0.1) is 0 Å². The van der Waals surface area contributed by atoms with Crippen molar-refractivity contribution in [3.8, 4) is 0 Å². The van der Waals surface area contributed by atoms with E-state index in [0.29, 0.717) is 30.1 Å². The molecule has 0 saturated carbocycles. The van der Waals surface area contributed by atoms with E-state index in [9.17, 15) is 13.2 Å². The fraction of sp³-hybridized carbons (Fsp3) is 0.333. The number of likely N-dealkylation sites (tertiary alicyclic amines) is 1. The molecule has 0 spiro atoms. The van der Waals surface area contributed by atoms with Gasteiger partial charge in [0.05, 0.1) is 5.92 Å². The van der Waals surface area contributed by atoms with Crippen LogP contribution in [-0.2, 0) is 14.8 Å². The quantitative estimate of drug-likeness (QED) is 0.794. The molecule has 1 amide bonds. The highest BCUT2D eigenvalue weighted by Gasteiger charge is 2.35. The van der Waals surface area contributed by atoms with Crippen LogP contribution in [0.25, 0.3) is 4.91 Å². The van der Waals surface area contributed by atoms with Gasteiger partial charge < -0.3 is 10.2 Å². The molecule has 1 unspecified atom stereocenters. The van der Waals surface area contributed by atoms with Gasteiger partial charge in [0.1, 0.15) is 10.7 Å². The molecule has 0 aromatic heterocycles. The van der Waals surface area contributed by atoms with Gasteiger partial charge in [-0.2, -0.15) is 8.42 Å². The van der Waals surface area contributed by atoms with E-state index in [1.807, 2.05) is 67.3 Å². The fourth-order valence-electron chi connectivity index (χ4n) is 4.23. The number of nitrogens with zero attached hydrogens (tertiary/aromatic N) is 2. The predicted molar refractivity (Wildman–Crippen MR) is 123 cm³/mol. The summed E-state index contributed by atoms with van der Waals surface area (Å²) in [5.74, 6) is 0.344. The molecule has 1 saturated heterocycles. The van der Waals surface area contributed by atoms with Crippen molar-refractivity contribution in [2.24, 2.45) is 4.40 Å². The second kappa shape index (κ2) is 8.67. The number of carbonyl (C=O) groups excluding carboxylic acids is 1. The van der Waals surface area contributed by atoms with Gasteiger partial charge in [0.25, 0.3) is 10.0 Å². The summed E-state index contributed by atoms with van der Waals surface area (Å²) in [6.07, 6.45) is 1.50. The standard InChI is InChI=1S/C24H27N3O3S/c1-17(19-9-5-3-6-10-19)24(28)25-21-13-15-27(16-14-21)23-18(2)22(31(29,30)26-23)20-11-7-4-8-12-20/h3-12,17,21H,13-16H2,1-2H3,(H,25,28). The molecular weight excluding hydrogens is 410 g/mol. The lowest BCUT2D eigenvalue weighted by Crippen LogP contribution is -2.47. The minimum absolute atomic E-state index is 0.0212. The maximum Gasteiger partial charge on any atom is 0.285 e. The zero-order valence-electron chi connectivity index (χ0n) is 17.8. The van der Waals surface area contributed by atoms with Gasteiger partial charge in [-0.1, -0.05) is 60.7 Å². The highest BCUT2D eigenvalue weighted by atomic mass is 32.2. The largest absolute Gasteiger partial charge is 0.356 e. The van der Waals surface area contributed by atoms with Crippen LogP contribution in [0.5, 0.6) is 0 Å². The normalized spacial score (nSPS) is 19.8. The topological polar surface area (TPSA) is 78.8 Å². The van der Waals surface area contributed by atoms with Gasteiger partial charge in [0.15, 0.2) is 0 Å². The second-order valence-electron chi connectivity index (χ2n) is 8.11. The summed E-state index contributed by atoms with van der Waals surface area (Å²) in [4.78, 5) is 15.0. The summed E-state index contributed by atoms with van der Waals surface area (Å²) in [5, 5.41) is 3.15. The first-order valence-corrected chi connectivity index (χ1v) is 12.0. The van der Waals surface area contributed by atoms with Crippen molar-refractivity contribution < 1.29 is 13.2 Å². The van der Waals surface area contributed by atoms with Crippen LogP contribution >= 0.6 is 0 Å². The molecule has 1 fully saturated rings. The Morgan fingerprint density at radius 2 is 1.61 bits per heavy atom. The molecule has 6 nitrogen and oxygen atoms in total. The van der Waals surface area contributed by atoms with Gasteiger partial charge >= 0.3 is 0 Å². The zero-order chi connectivity index (χ0) is 22.0. The van der Waals surface area contributed by atoms with Crippen LogP contribution in [-0.4, -0.2) is 44.2 Å². The molecule has 0 radical (unpaired) electrons. The Kier molecular flexibility index (Phi) is 5.96. The number of nitrogens with one attached hydrogen (secondary N) is 1. The number of hydrogen-bond donors (Lipinski definition) is 1. The third kappa shape index (κ3) is 4.42. The minimum Gasteiger partial charge on any atom is -0.356 e. The van der Waals surface area contributed by atoms with Crippen molar-refractivity contribution >= 4 is 26.7 Å². The number of hydrogen-bond acceptors (Lipinski definition) is 4. The lowest BCUT2D eigenvalue weighted by molar-refractivity contribution is -0.123. The molecule has 1 atom stereocenters. The SMILES string of the molecule is CC1=C(c2ccccc2)S(=O)(=O)N=C1N1CCC(NC(=O)C(C)c2ccccc2)CC1. The maximum atomic E-state index is 12.7. The molecule has 2 heterocycles. The van der Waals surface area contributed by atoms with E-state index in [4.69, 9.17) is 0 Å². The van der Waals surface area contributed by atoms with E-state index in [1.54, 1.807) is 12.1 Å². The number of piperidine rings is 1. The number of benzene rings is 2. The number of carbonyl (C=O) groups is 1. The third-order valence-electron chi connectivity index (χ3n) is 6.01. The van der Waals surface area contributed by atoms with E-state index in [2.05, 4.69) is 9.71 Å². The summed E-state index contributed by atoms with van der Waals surface area (Å²) >= 11 is 0. The molecule has 0 bridgehead atoms. The molecule has 162 valence electrons. The molecule has 0 aliphatic carbocycles. The minimum atomic E-state index is -3.71. The Labute approximate surface area is 183 Å². The van der Waals surface area contributed by atoms with Crippen molar-refractivity contribution in [1.82, 2.24) is 10.2 Å². The van der Waals surface area contributed by atoms with Gasteiger partial charge in [-0.05, 0) is 37.8 Å². The van der Waals surface area contributed by atoms with E-state index >= 15 is 0 Å². The average molecular weight is 438 g/mol. The first kappa shape index (κ1) is 21.3. The van der Waals surface area contributed by atoms with Gasteiger partial charge in [0, 0.05) is 24.7 Å². The number of sulfonamides is 1. The smallest absolute Gasteiger partial charge is 0.285 e. The molecule has 4 rings (SSSR count). The van der Waals surface area contributed by atoms with Crippen LogP contribution in [0.2, 0.25) is 0 Å². The van der Waals surface area contributed by atoms with Crippen LogP contribution in [0.3, 0.4) is 0 Å². The molecule has 2 aliphatic rings. The summed E-state index contributed by atoms with van der Waals surface area (Å²) in [6, 6.07) is 18.9. The predicted octanol–water partition coefficient (Wildman–Crippen LogP) is 3.54. The molecule has 2 aromatic rings. The molecule has 2 aliphatic heterocycles. The lowest BCUT2D eigenvalue weighted by atomic mass is 9.98. The van der Waals surface area contributed by atoms with Crippen LogP contribution in [0.15, 0.2) is 70.6 Å². The van der Waals surface area contributed by atoms with Crippen molar-refractivity contribution in [3.05, 3.63) is 77.4 Å². The van der Waals surface area contributed by atoms with E-state index in [1.165, 1.54) is 0 Å². The number of amidine groups is 1. The van der Waals surface area contributed by atoms with Crippen LogP contribution < -0.4 is 5.32 Å². The van der Waals surface area contributed by atoms with Crippen molar-refractivity contribution in [1.29, 1.82) is 0 Å². The van der Waals surface area contributed by atoms with E-state index < -0.39 is 10.0 Å².